The second-order valence-electron chi connectivity index (χ2n) is 4.18. The molecule has 1 aliphatic heterocycles. The SMILES string of the molecule is CN1C(=O)N(CC(=O)O)C(=O)[C@@H]1CCCN=C(N)N. The molecule has 0 radical (unpaired) electrons. The van der Waals surface area contributed by atoms with Gasteiger partial charge in [-0.25, -0.2) is 4.79 Å². The highest BCUT2D eigenvalue weighted by Gasteiger charge is 2.43. The Morgan fingerprint density at radius 2 is 2.05 bits per heavy atom. The van der Waals surface area contributed by atoms with Gasteiger partial charge in [0.25, 0.3) is 5.91 Å². The van der Waals surface area contributed by atoms with Crippen molar-refractivity contribution in [2.24, 2.45) is 16.5 Å². The van der Waals surface area contributed by atoms with Crippen molar-refractivity contribution in [2.45, 2.75) is 18.9 Å². The summed E-state index contributed by atoms with van der Waals surface area (Å²) in [7, 11) is 1.47. The summed E-state index contributed by atoms with van der Waals surface area (Å²) in [5, 5.41) is 8.65. The van der Waals surface area contributed by atoms with Crippen molar-refractivity contribution in [3.05, 3.63) is 0 Å². The van der Waals surface area contributed by atoms with Crippen LogP contribution in [0.5, 0.6) is 0 Å². The molecule has 3 amide bonds. The first-order valence-corrected chi connectivity index (χ1v) is 5.70. The molecule has 1 fully saturated rings. The molecule has 9 heteroatoms. The van der Waals surface area contributed by atoms with E-state index in [1.807, 2.05) is 0 Å². The van der Waals surface area contributed by atoms with Crippen molar-refractivity contribution in [3.8, 4) is 0 Å². The lowest BCUT2D eigenvalue weighted by Gasteiger charge is -2.15. The van der Waals surface area contributed by atoms with Crippen LogP contribution in [0.2, 0.25) is 0 Å². The Hall–Kier alpha value is -2.32. The molecule has 0 spiro atoms. The number of carboxylic acids is 1. The largest absolute Gasteiger partial charge is 0.480 e. The first-order valence-electron chi connectivity index (χ1n) is 5.70. The molecular weight excluding hydrogens is 254 g/mol. The van der Waals surface area contributed by atoms with E-state index >= 15 is 0 Å². The predicted octanol–water partition coefficient (Wildman–Crippen LogP) is -1.61. The second kappa shape index (κ2) is 6.03. The Morgan fingerprint density at radius 3 is 2.58 bits per heavy atom. The highest BCUT2D eigenvalue weighted by atomic mass is 16.4. The quantitative estimate of drug-likeness (QED) is 0.229. The van der Waals surface area contributed by atoms with Crippen LogP contribution < -0.4 is 11.5 Å². The van der Waals surface area contributed by atoms with Crippen LogP contribution in [0.3, 0.4) is 0 Å². The standard InChI is InChI=1S/C10H17N5O4/c1-14-6(3-2-4-13-9(11)12)8(18)15(10(14)19)5-7(16)17/h6H,2-5H2,1H3,(H,16,17)(H4,11,12,13)/t6-/m0/s1. The molecule has 0 aromatic carbocycles. The van der Waals surface area contributed by atoms with Crippen molar-refractivity contribution in [1.82, 2.24) is 9.80 Å². The first-order chi connectivity index (χ1) is 8.84. The van der Waals surface area contributed by atoms with E-state index in [-0.39, 0.29) is 5.96 Å². The third kappa shape index (κ3) is 3.57. The fourth-order valence-electron chi connectivity index (χ4n) is 1.85. The zero-order valence-electron chi connectivity index (χ0n) is 10.6. The molecule has 1 heterocycles. The summed E-state index contributed by atoms with van der Waals surface area (Å²) in [5.41, 5.74) is 10.3. The summed E-state index contributed by atoms with van der Waals surface area (Å²) < 4.78 is 0. The minimum atomic E-state index is -1.23. The molecule has 0 aromatic rings. The second-order valence-corrected chi connectivity index (χ2v) is 4.18. The van der Waals surface area contributed by atoms with Gasteiger partial charge in [0, 0.05) is 13.6 Å². The molecule has 9 nitrogen and oxygen atoms in total. The minimum Gasteiger partial charge on any atom is -0.480 e. The molecule has 0 bridgehead atoms. The number of amides is 3. The van der Waals surface area contributed by atoms with E-state index in [0.29, 0.717) is 19.4 Å². The van der Waals surface area contributed by atoms with Gasteiger partial charge in [0.05, 0.1) is 0 Å². The van der Waals surface area contributed by atoms with Crippen LogP contribution in [-0.4, -0.2) is 65.0 Å². The predicted molar refractivity (Wildman–Crippen MR) is 66.2 cm³/mol. The minimum absolute atomic E-state index is 0.0327. The van der Waals surface area contributed by atoms with Crippen molar-refractivity contribution < 1.29 is 19.5 Å². The fourth-order valence-corrected chi connectivity index (χ4v) is 1.85. The number of nitrogens with two attached hydrogens (primary N) is 2. The number of rotatable bonds is 6. The number of aliphatic imine (C=N–C) groups is 1. The maximum atomic E-state index is 11.9. The first kappa shape index (κ1) is 14.7. The van der Waals surface area contributed by atoms with Crippen LogP contribution >= 0.6 is 0 Å². The van der Waals surface area contributed by atoms with Crippen LogP contribution in [0, 0.1) is 0 Å². The maximum Gasteiger partial charge on any atom is 0.327 e. The smallest absolute Gasteiger partial charge is 0.327 e. The van der Waals surface area contributed by atoms with Crippen LogP contribution in [-0.2, 0) is 9.59 Å². The summed E-state index contributed by atoms with van der Waals surface area (Å²) in [4.78, 5) is 39.9. The van der Waals surface area contributed by atoms with E-state index in [1.165, 1.54) is 11.9 Å². The van der Waals surface area contributed by atoms with Gasteiger partial charge < -0.3 is 21.5 Å². The average molecular weight is 271 g/mol. The Balaban J connectivity index is 2.60. The molecule has 1 saturated heterocycles. The number of guanidine groups is 1. The number of carboxylic acid groups (broad SMARTS) is 1. The van der Waals surface area contributed by atoms with E-state index in [4.69, 9.17) is 16.6 Å². The molecule has 0 aromatic heterocycles. The summed E-state index contributed by atoms with van der Waals surface area (Å²) in [6.07, 6.45) is 0.904. The van der Waals surface area contributed by atoms with Crippen molar-refractivity contribution >= 4 is 23.9 Å². The molecule has 1 atom stereocenters. The van der Waals surface area contributed by atoms with Crippen molar-refractivity contribution in [3.63, 3.8) is 0 Å². The lowest BCUT2D eigenvalue weighted by atomic mass is 10.1. The summed E-state index contributed by atoms with van der Waals surface area (Å²) in [5.74, 6) is -1.76. The van der Waals surface area contributed by atoms with Gasteiger partial charge in [0.1, 0.15) is 12.6 Å². The highest BCUT2D eigenvalue weighted by molar-refractivity contribution is 6.05. The molecule has 1 aliphatic rings. The van der Waals surface area contributed by atoms with Gasteiger partial charge in [-0.05, 0) is 12.8 Å². The monoisotopic (exact) mass is 271 g/mol. The average Bonchev–Trinajstić information content (AvgIpc) is 2.50. The number of likely N-dealkylation sites (N-methyl/N-ethyl adjacent to an activating group) is 1. The van der Waals surface area contributed by atoms with Crippen LogP contribution in [0.1, 0.15) is 12.8 Å². The molecule has 1 rings (SSSR count). The van der Waals surface area contributed by atoms with E-state index in [9.17, 15) is 14.4 Å². The van der Waals surface area contributed by atoms with Crippen molar-refractivity contribution in [2.75, 3.05) is 20.1 Å². The van der Waals surface area contributed by atoms with Gasteiger partial charge in [0.2, 0.25) is 0 Å². The van der Waals surface area contributed by atoms with Crippen LogP contribution in [0.25, 0.3) is 0 Å². The normalized spacial score (nSPS) is 18.9. The van der Waals surface area contributed by atoms with E-state index in [0.717, 1.165) is 4.90 Å². The van der Waals surface area contributed by atoms with Gasteiger partial charge >= 0.3 is 12.0 Å². The Kier molecular flexibility index (Phi) is 4.67. The topological polar surface area (TPSA) is 142 Å². The van der Waals surface area contributed by atoms with Gasteiger partial charge in [-0.15, -0.1) is 0 Å². The van der Waals surface area contributed by atoms with Crippen molar-refractivity contribution in [1.29, 1.82) is 0 Å². The molecule has 19 heavy (non-hydrogen) atoms. The number of imide groups is 1. The summed E-state index contributed by atoms with van der Waals surface area (Å²) in [6, 6.07) is -1.25. The molecule has 106 valence electrons. The van der Waals surface area contributed by atoms with Gasteiger partial charge in [-0.3, -0.25) is 19.5 Å². The van der Waals surface area contributed by atoms with Gasteiger partial charge in [-0.2, -0.15) is 0 Å². The lowest BCUT2D eigenvalue weighted by Crippen LogP contribution is -2.36. The Bertz CT molecular complexity index is 418. The van der Waals surface area contributed by atoms with E-state index in [1.54, 1.807) is 0 Å². The maximum absolute atomic E-state index is 11.9. The number of carbonyl (C=O) groups is 3. The number of nitrogens with zero attached hydrogens (tertiary/aromatic N) is 3. The lowest BCUT2D eigenvalue weighted by molar-refractivity contribution is -0.141. The number of carbonyl (C=O) groups excluding carboxylic acids is 2. The number of urea groups is 1. The zero-order chi connectivity index (χ0) is 14.6. The van der Waals surface area contributed by atoms with Crippen LogP contribution in [0.15, 0.2) is 4.99 Å². The number of hydrogen-bond donors (Lipinski definition) is 3. The van der Waals surface area contributed by atoms with E-state index < -0.39 is 30.5 Å². The molecule has 0 saturated carbocycles. The van der Waals surface area contributed by atoms with Gasteiger partial charge in [-0.1, -0.05) is 0 Å². The van der Waals surface area contributed by atoms with E-state index in [2.05, 4.69) is 4.99 Å². The molecular formula is C10H17N5O4. The third-order valence-corrected chi connectivity index (χ3v) is 2.77. The van der Waals surface area contributed by atoms with Crippen LogP contribution in [0.4, 0.5) is 4.79 Å². The fraction of sp³-hybridized carbons (Fsp3) is 0.600. The highest BCUT2D eigenvalue weighted by Crippen LogP contribution is 2.19. The van der Waals surface area contributed by atoms with Gasteiger partial charge in [0.15, 0.2) is 5.96 Å². The molecule has 5 N–H and O–H groups in total. The number of hydrogen-bond acceptors (Lipinski definition) is 4. The third-order valence-electron chi connectivity index (χ3n) is 2.77. The summed E-state index contributed by atoms with van der Waals surface area (Å²) in [6.45, 7) is -0.264. The molecule has 0 aliphatic carbocycles. The number of aliphatic carboxylic acids is 1. The summed E-state index contributed by atoms with van der Waals surface area (Å²) >= 11 is 0. The Morgan fingerprint density at radius 1 is 1.42 bits per heavy atom. The molecule has 0 unspecified atom stereocenters. The zero-order valence-corrected chi connectivity index (χ0v) is 10.6. The Labute approximate surface area is 109 Å².